The van der Waals surface area contributed by atoms with Gasteiger partial charge in [0.25, 0.3) is 0 Å². The predicted octanol–water partition coefficient (Wildman–Crippen LogP) is 4.88. The Morgan fingerprint density at radius 3 is 2.50 bits per heavy atom. The van der Waals surface area contributed by atoms with Crippen molar-refractivity contribution in [1.29, 1.82) is 0 Å². The van der Waals surface area contributed by atoms with Crippen LogP contribution in [0.3, 0.4) is 0 Å². The number of hydrogen-bond donors (Lipinski definition) is 1. The number of aryl methyl sites for hydroxylation is 2. The first-order chi connectivity index (χ1) is 10.5. The highest BCUT2D eigenvalue weighted by molar-refractivity contribution is 5.77. The molecule has 2 aromatic carbocycles. The molecular weight excluding hydrogens is 275 g/mol. The summed E-state index contributed by atoms with van der Waals surface area (Å²) in [7, 11) is 0. The van der Waals surface area contributed by atoms with Crippen LogP contribution < -0.4 is 5.32 Å². The molecule has 3 heteroatoms. The Balaban J connectivity index is 2.21. The fourth-order valence-corrected chi connectivity index (χ4v) is 2.32. The molecule has 0 radical (unpaired) electrons. The van der Waals surface area contributed by atoms with Crippen LogP contribution in [0.1, 0.15) is 36.1 Å². The van der Waals surface area contributed by atoms with E-state index < -0.39 is 0 Å². The SMILES string of the molecule is Cc1cc(NC=NC(C)C)c(C)cc1Cc1ccccc1F. The molecule has 2 aromatic rings. The molecule has 0 unspecified atom stereocenters. The van der Waals surface area contributed by atoms with E-state index in [4.69, 9.17) is 0 Å². The van der Waals surface area contributed by atoms with E-state index in [2.05, 4.69) is 36.3 Å². The third-order valence-electron chi connectivity index (χ3n) is 3.61. The molecule has 0 bridgehead atoms. The van der Waals surface area contributed by atoms with Gasteiger partial charge in [0.2, 0.25) is 0 Å². The molecule has 0 amide bonds. The predicted molar refractivity (Wildman–Crippen MR) is 92.4 cm³/mol. The summed E-state index contributed by atoms with van der Waals surface area (Å²) in [5.74, 6) is -0.147. The van der Waals surface area contributed by atoms with Crippen LogP contribution in [0.5, 0.6) is 0 Å². The minimum absolute atomic E-state index is 0.147. The number of hydrogen-bond acceptors (Lipinski definition) is 1. The number of rotatable bonds is 5. The van der Waals surface area contributed by atoms with E-state index in [0.717, 1.165) is 27.9 Å². The number of benzene rings is 2. The minimum atomic E-state index is -0.147. The summed E-state index contributed by atoms with van der Waals surface area (Å²) in [4.78, 5) is 4.31. The quantitative estimate of drug-likeness (QED) is 0.617. The molecule has 1 N–H and O–H groups in total. The maximum absolute atomic E-state index is 13.8. The lowest BCUT2D eigenvalue weighted by Crippen LogP contribution is -2.03. The van der Waals surface area contributed by atoms with Gasteiger partial charge in [-0.25, -0.2) is 4.39 Å². The van der Waals surface area contributed by atoms with E-state index in [1.807, 2.05) is 26.0 Å². The lowest BCUT2D eigenvalue weighted by atomic mass is 9.97. The standard InChI is InChI=1S/C19H23FN2/c1-13(2)21-12-22-19-10-14(3)17(9-15(19)4)11-16-7-5-6-8-18(16)20/h5-10,12-13H,11H2,1-4H3,(H,21,22). The third-order valence-corrected chi connectivity index (χ3v) is 3.61. The van der Waals surface area contributed by atoms with E-state index in [-0.39, 0.29) is 11.9 Å². The molecule has 116 valence electrons. The van der Waals surface area contributed by atoms with Crippen molar-refractivity contribution in [3.8, 4) is 0 Å². The maximum Gasteiger partial charge on any atom is 0.126 e. The van der Waals surface area contributed by atoms with Crippen molar-refractivity contribution in [3.05, 3.63) is 64.5 Å². The molecule has 2 nitrogen and oxygen atoms in total. The van der Waals surface area contributed by atoms with Gasteiger partial charge < -0.3 is 5.32 Å². The first-order valence-electron chi connectivity index (χ1n) is 7.59. The maximum atomic E-state index is 13.8. The number of nitrogens with one attached hydrogen (secondary N) is 1. The van der Waals surface area contributed by atoms with Gasteiger partial charge in [-0.15, -0.1) is 0 Å². The Kier molecular flexibility index (Phi) is 5.31. The molecule has 2 rings (SSSR count). The summed E-state index contributed by atoms with van der Waals surface area (Å²) in [6.45, 7) is 8.18. The van der Waals surface area contributed by atoms with Crippen LogP contribution in [0.25, 0.3) is 0 Å². The van der Waals surface area contributed by atoms with Crippen molar-refractivity contribution in [2.24, 2.45) is 4.99 Å². The smallest absolute Gasteiger partial charge is 0.126 e. The fraction of sp³-hybridized carbons (Fsp3) is 0.316. The molecular formula is C19H23FN2. The van der Waals surface area contributed by atoms with E-state index in [0.29, 0.717) is 6.42 Å². The highest BCUT2D eigenvalue weighted by atomic mass is 19.1. The average molecular weight is 298 g/mol. The summed E-state index contributed by atoms with van der Waals surface area (Å²) in [5.41, 5.74) is 5.20. The topological polar surface area (TPSA) is 24.4 Å². The van der Waals surface area contributed by atoms with Crippen LogP contribution in [0.15, 0.2) is 41.4 Å². The molecule has 0 heterocycles. The molecule has 0 aliphatic carbocycles. The highest BCUT2D eigenvalue weighted by Crippen LogP contribution is 2.23. The number of nitrogens with zero attached hydrogens (tertiary/aromatic N) is 1. The molecule has 22 heavy (non-hydrogen) atoms. The Morgan fingerprint density at radius 2 is 1.82 bits per heavy atom. The van der Waals surface area contributed by atoms with E-state index in [9.17, 15) is 4.39 Å². The summed E-state index contributed by atoms with van der Waals surface area (Å²) in [6, 6.07) is 11.4. The molecule has 0 aromatic heterocycles. The number of aliphatic imine (C=N–C) groups is 1. The summed E-state index contributed by atoms with van der Waals surface area (Å²) in [5, 5.41) is 3.22. The molecule has 0 fully saturated rings. The normalized spacial score (nSPS) is 11.4. The highest BCUT2D eigenvalue weighted by Gasteiger charge is 2.07. The van der Waals surface area contributed by atoms with E-state index >= 15 is 0 Å². The zero-order valence-electron chi connectivity index (χ0n) is 13.7. The van der Waals surface area contributed by atoms with Crippen LogP contribution in [-0.4, -0.2) is 12.4 Å². The fourth-order valence-electron chi connectivity index (χ4n) is 2.32. The van der Waals surface area contributed by atoms with Gasteiger partial charge in [0.15, 0.2) is 0 Å². The van der Waals surface area contributed by atoms with Gasteiger partial charge in [-0.05, 0) is 62.1 Å². The Hall–Kier alpha value is -2.16. The van der Waals surface area contributed by atoms with Crippen molar-refractivity contribution >= 4 is 12.0 Å². The second kappa shape index (κ2) is 7.21. The van der Waals surface area contributed by atoms with Gasteiger partial charge >= 0.3 is 0 Å². The van der Waals surface area contributed by atoms with Gasteiger partial charge in [0, 0.05) is 18.2 Å². The first-order valence-corrected chi connectivity index (χ1v) is 7.59. The van der Waals surface area contributed by atoms with Crippen LogP contribution in [-0.2, 0) is 6.42 Å². The van der Waals surface area contributed by atoms with Crippen LogP contribution in [0, 0.1) is 19.7 Å². The zero-order chi connectivity index (χ0) is 16.1. The number of halogens is 1. The molecule has 0 atom stereocenters. The molecule has 0 saturated carbocycles. The second-order valence-electron chi connectivity index (χ2n) is 5.88. The molecule has 0 aliphatic heterocycles. The van der Waals surface area contributed by atoms with Gasteiger partial charge in [0.1, 0.15) is 5.82 Å². The minimum Gasteiger partial charge on any atom is -0.346 e. The second-order valence-corrected chi connectivity index (χ2v) is 5.88. The zero-order valence-corrected chi connectivity index (χ0v) is 13.7. The average Bonchev–Trinajstić information content (AvgIpc) is 2.46. The van der Waals surface area contributed by atoms with Crippen molar-refractivity contribution < 1.29 is 4.39 Å². The Morgan fingerprint density at radius 1 is 1.09 bits per heavy atom. The summed E-state index contributed by atoms with van der Waals surface area (Å²) in [6.07, 6.45) is 2.35. The van der Waals surface area contributed by atoms with Gasteiger partial charge in [0.05, 0.1) is 6.34 Å². The van der Waals surface area contributed by atoms with Crippen molar-refractivity contribution in [2.75, 3.05) is 5.32 Å². The van der Waals surface area contributed by atoms with Crippen LogP contribution >= 0.6 is 0 Å². The van der Waals surface area contributed by atoms with Crippen molar-refractivity contribution in [1.82, 2.24) is 0 Å². The van der Waals surface area contributed by atoms with Gasteiger partial charge in [-0.1, -0.05) is 24.3 Å². The molecule has 0 spiro atoms. The monoisotopic (exact) mass is 298 g/mol. The summed E-state index contributed by atoms with van der Waals surface area (Å²) >= 11 is 0. The van der Waals surface area contributed by atoms with Crippen molar-refractivity contribution in [3.63, 3.8) is 0 Å². The Labute approximate surface area is 132 Å². The van der Waals surface area contributed by atoms with E-state index in [1.165, 1.54) is 6.07 Å². The Bertz CT molecular complexity index is 675. The van der Waals surface area contributed by atoms with E-state index in [1.54, 1.807) is 12.4 Å². The molecule has 0 aliphatic rings. The lowest BCUT2D eigenvalue weighted by Gasteiger charge is -2.13. The summed E-state index contributed by atoms with van der Waals surface area (Å²) < 4.78 is 13.8. The molecule has 0 saturated heterocycles. The van der Waals surface area contributed by atoms with Crippen LogP contribution in [0.2, 0.25) is 0 Å². The third kappa shape index (κ3) is 4.17. The number of anilines is 1. The lowest BCUT2D eigenvalue weighted by molar-refractivity contribution is 0.614. The van der Waals surface area contributed by atoms with Gasteiger partial charge in [-0.2, -0.15) is 0 Å². The first kappa shape index (κ1) is 16.2. The van der Waals surface area contributed by atoms with Gasteiger partial charge in [-0.3, -0.25) is 4.99 Å². The van der Waals surface area contributed by atoms with Crippen LogP contribution in [0.4, 0.5) is 10.1 Å². The largest absolute Gasteiger partial charge is 0.346 e. The van der Waals surface area contributed by atoms with Crippen molar-refractivity contribution in [2.45, 2.75) is 40.2 Å².